The molecule has 0 amide bonds. The molecule has 64 valence electrons. The molecule has 1 nitrogen and oxygen atoms in total. The lowest BCUT2D eigenvalue weighted by Gasteiger charge is -2.06. The monoisotopic (exact) mass is 162 g/mol. The highest BCUT2D eigenvalue weighted by Crippen LogP contribution is 2.15. The highest BCUT2D eigenvalue weighted by atomic mass is 16.1. The zero-order valence-corrected chi connectivity index (χ0v) is 8.06. The van der Waals surface area contributed by atoms with E-state index in [-0.39, 0.29) is 5.78 Å². The van der Waals surface area contributed by atoms with Gasteiger partial charge in [-0.1, -0.05) is 0 Å². The van der Waals surface area contributed by atoms with E-state index in [0.29, 0.717) is 0 Å². The van der Waals surface area contributed by atoms with Gasteiger partial charge in [0.2, 0.25) is 0 Å². The first kappa shape index (κ1) is 8.98. The topological polar surface area (TPSA) is 17.1 Å². The Morgan fingerprint density at radius 2 is 1.50 bits per heavy atom. The summed E-state index contributed by atoms with van der Waals surface area (Å²) in [6.07, 6.45) is 0. The number of benzene rings is 1. The number of Topliss-reactive ketones (excluding diaryl/α,β-unsaturated/α-hetero) is 1. The third kappa shape index (κ3) is 1.55. The average molecular weight is 162 g/mol. The zero-order valence-electron chi connectivity index (χ0n) is 8.06. The van der Waals surface area contributed by atoms with E-state index >= 15 is 0 Å². The third-order valence-electron chi connectivity index (χ3n) is 2.33. The van der Waals surface area contributed by atoms with Gasteiger partial charge >= 0.3 is 0 Å². The summed E-state index contributed by atoms with van der Waals surface area (Å²) in [7, 11) is 0. The van der Waals surface area contributed by atoms with Crippen LogP contribution in [-0.2, 0) is 0 Å². The van der Waals surface area contributed by atoms with E-state index in [1.807, 2.05) is 26.0 Å². The molecule has 0 N–H and O–H groups in total. The molecule has 0 saturated heterocycles. The van der Waals surface area contributed by atoms with E-state index in [2.05, 4.69) is 6.92 Å². The minimum Gasteiger partial charge on any atom is -0.295 e. The number of hydrogen-bond donors (Lipinski definition) is 0. The van der Waals surface area contributed by atoms with E-state index in [4.69, 9.17) is 0 Å². The Morgan fingerprint density at radius 1 is 1.08 bits per heavy atom. The lowest BCUT2D eigenvalue weighted by molar-refractivity contribution is 0.101. The van der Waals surface area contributed by atoms with Gasteiger partial charge in [-0.05, 0) is 56.5 Å². The summed E-state index contributed by atoms with van der Waals surface area (Å²) in [4.78, 5) is 11.1. The van der Waals surface area contributed by atoms with Crippen LogP contribution in [0.3, 0.4) is 0 Å². The van der Waals surface area contributed by atoms with Gasteiger partial charge in [0.15, 0.2) is 5.78 Å². The first-order chi connectivity index (χ1) is 5.52. The van der Waals surface area contributed by atoms with Gasteiger partial charge in [0.05, 0.1) is 0 Å². The molecule has 0 aliphatic heterocycles. The molecule has 0 bridgehead atoms. The Hall–Kier alpha value is -1.11. The van der Waals surface area contributed by atoms with Gasteiger partial charge in [0, 0.05) is 5.56 Å². The summed E-state index contributed by atoms with van der Waals surface area (Å²) in [6.45, 7) is 7.75. The van der Waals surface area contributed by atoms with Crippen molar-refractivity contribution in [3.05, 3.63) is 34.4 Å². The number of rotatable bonds is 1. The van der Waals surface area contributed by atoms with Crippen molar-refractivity contribution in [1.82, 2.24) is 0 Å². The van der Waals surface area contributed by atoms with Crippen LogP contribution >= 0.6 is 0 Å². The molecule has 0 spiro atoms. The van der Waals surface area contributed by atoms with Gasteiger partial charge in [0.1, 0.15) is 0 Å². The molecule has 1 aromatic rings. The predicted octanol–water partition coefficient (Wildman–Crippen LogP) is 2.81. The van der Waals surface area contributed by atoms with Crippen molar-refractivity contribution in [1.29, 1.82) is 0 Å². The minimum atomic E-state index is 0.140. The van der Waals surface area contributed by atoms with Gasteiger partial charge in [-0.2, -0.15) is 0 Å². The Kier molecular flexibility index (Phi) is 2.32. The highest BCUT2D eigenvalue weighted by molar-refractivity contribution is 5.94. The molecule has 0 heterocycles. The minimum absolute atomic E-state index is 0.140. The summed E-state index contributed by atoms with van der Waals surface area (Å²) in [5, 5.41) is 0. The Bertz CT molecular complexity index is 301. The average Bonchev–Trinajstić information content (AvgIpc) is 1.99. The molecule has 0 aliphatic rings. The molecule has 0 aliphatic carbocycles. The normalized spacial score (nSPS) is 10.0. The Labute approximate surface area is 73.4 Å². The fourth-order valence-electron chi connectivity index (χ4n) is 1.24. The number of ketones is 1. The largest absolute Gasteiger partial charge is 0.295 e. The van der Waals surface area contributed by atoms with E-state index in [9.17, 15) is 4.79 Å². The summed E-state index contributed by atoms with van der Waals surface area (Å²) in [5.41, 5.74) is 4.48. The van der Waals surface area contributed by atoms with Gasteiger partial charge in [0.25, 0.3) is 0 Å². The molecule has 1 aromatic carbocycles. The van der Waals surface area contributed by atoms with E-state index in [1.165, 1.54) is 16.7 Å². The van der Waals surface area contributed by atoms with Crippen molar-refractivity contribution in [3.63, 3.8) is 0 Å². The smallest absolute Gasteiger partial charge is 0.159 e. The second kappa shape index (κ2) is 3.10. The first-order valence-corrected chi connectivity index (χ1v) is 4.11. The van der Waals surface area contributed by atoms with Crippen LogP contribution in [0.5, 0.6) is 0 Å². The lowest BCUT2D eigenvalue weighted by Crippen LogP contribution is -1.96. The van der Waals surface area contributed by atoms with Crippen molar-refractivity contribution >= 4 is 5.78 Å². The third-order valence-corrected chi connectivity index (χ3v) is 2.33. The SMILES string of the molecule is CC(=O)c1cc(C)c(C)c(C)c1. The van der Waals surface area contributed by atoms with E-state index in [1.54, 1.807) is 6.92 Å². The second-order valence-corrected chi connectivity index (χ2v) is 3.29. The lowest BCUT2D eigenvalue weighted by atomic mass is 9.99. The first-order valence-electron chi connectivity index (χ1n) is 4.11. The van der Waals surface area contributed by atoms with Crippen LogP contribution in [-0.4, -0.2) is 5.78 Å². The number of hydrogen-bond acceptors (Lipinski definition) is 1. The van der Waals surface area contributed by atoms with Crippen LogP contribution in [0.4, 0.5) is 0 Å². The van der Waals surface area contributed by atoms with Gasteiger partial charge in [-0.3, -0.25) is 4.79 Å². The summed E-state index contributed by atoms with van der Waals surface area (Å²) < 4.78 is 0. The highest BCUT2D eigenvalue weighted by Gasteiger charge is 2.03. The molecule has 0 unspecified atom stereocenters. The van der Waals surface area contributed by atoms with Crippen molar-refractivity contribution in [2.75, 3.05) is 0 Å². The molecule has 0 aromatic heterocycles. The van der Waals surface area contributed by atoms with Crippen molar-refractivity contribution in [2.45, 2.75) is 27.7 Å². The maximum atomic E-state index is 11.1. The summed E-state index contributed by atoms with van der Waals surface area (Å²) >= 11 is 0. The van der Waals surface area contributed by atoms with Gasteiger partial charge in [-0.25, -0.2) is 0 Å². The second-order valence-electron chi connectivity index (χ2n) is 3.29. The maximum Gasteiger partial charge on any atom is 0.159 e. The fourth-order valence-corrected chi connectivity index (χ4v) is 1.24. The quantitative estimate of drug-likeness (QED) is 0.580. The van der Waals surface area contributed by atoms with Crippen LogP contribution in [0.1, 0.15) is 34.0 Å². The standard InChI is InChI=1S/C11H14O/c1-7-5-11(10(4)12)6-8(2)9(7)3/h5-6H,1-4H3. The maximum absolute atomic E-state index is 11.1. The molecule has 12 heavy (non-hydrogen) atoms. The van der Waals surface area contributed by atoms with Gasteiger partial charge < -0.3 is 0 Å². The molecule has 0 saturated carbocycles. The van der Waals surface area contributed by atoms with Crippen molar-refractivity contribution < 1.29 is 4.79 Å². The number of carbonyl (C=O) groups is 1. The van der Waals surface area contributed by atoms with Crippen LogP contribution in [0.15, 0.2) is 12.1 Å². The molecule has 0 fully saturated rings. The van der Waals surface area contributed by atoms with Crippen LogP contribution in [0.25, 0.3) is 0 Å². The van der Waals surface area contributed by atoms with E-state index in [0.717, 1.165) is 5.56 Å². The molecule has 0 atom stereocenters. The van der Waals surface area contributed by atoms with Crippen LogP contribution in [0.2, 0.25) is 0 Å². The fraction of sp³-hybridized carbons (Fsp3) is 0.364. The molecule has 0 radical (unpaired) electrons. The molecule has 1 rings (SSSR count). The molecule has 1 heteroatoms. The zero-order chi connectivity index (χ0) is 9.30. The summed E-state index contributed by atoms with van der Waals surface area (Å²) in [5.74, 6) is 0.140. The molecular formula is C11H14O. The number of aryl methyl sites for hydroxylation is 2. The van der Waals surface area contributed by atoms with Crippen molar-refractivity contribution in [2.24, 2.45) is 0 Å². The Balaban J connectivity index is 3.31. The Morgan fingerprint density at radius 3 is 1.83 bits per heavy atom. The van der Waals surface area contributed by atoms with Crippen LogP contribution < -0.4 is 0 Å². The number of carbonyl (C=O) groups excluding carboxylic acids is 1. The van der Waals surface area contributed by atoms with Crippen molar-refractivity contribution in [3.8, 4) is 0 Å². The van der Waals surface area contributed by atoms with Crippen LogP contribution in [0, 0.1) is 20.8 Å². The van der Waals surface area contributed by atoms with E-state index < -0.39 is 0 Å². The summed E-state index contributed by atoms with van der Waals surface area (Å²) in [6, 6.07) is 3.90. The molecular weight excluding hydrogens is 148 g/mol. The van der Waals surface area contributed by atoms with Gasteiger partial charge in [-0.15, -0.1) is 0 Å². The predicted molar refractivity (Wildman–Crippen MR) is 50.7 cm³/mol.